The number of aliphatic hydroxyl groups is 2. The molecule has 4 amide bonds. The highest BCUT2D eigenvalue weighted by atomic mass is 35.5. The number of ether oxygens (including phenoxy) is 6. The van der Waals surface area contributed by atoms with E-state index in [2.05, 4.69) is 40.5 Å². The molecule has 4 N–H and O–H groups in total. The van der Waals surface area contributed by atoms with Gasteiger partial charge in [0.2, 0.25) is 23.5 Å². The number of pyridine rings is 6. The maximum absolute atomic E-state index is 13.7. The van der Waals surface area contributed by atoms with E-state index in [9.17, 15) is 41.0 Å². The first kappa shape index (κ1) is 58.4. The Labute approximate surface area is 479 Å². The fraction of sp³-hybridized carbons (Fsp3) is 0.396. The van der Waals surface area contributed by atoms with Crippen molar-refractivity contribution in [1.29, 1.82) is 0 Å². The number of nitrogens with zero attached hydrogens (tertiary/aromatic N) is 10. The van der Waals surface area contributed by atoms with Gasteiger partial charge in [-0.1, -0.05) is 23.2 Å². The van der Waals surface area contributed by atoms with Gasteiger partial charge in [0.05, 0.1) is 72.3 Å². The smallest absolute Gasteiger partial charge is 0.421 e. The second-order valence-electron chi connectivity index (χ2n) is 19.9. The summed E-state index contributed by atoms with van der Waals surface area (Å²) in [5.41, 5.74) is -0.0479. The summed E-state index contributed by atoms with van der Waals surface area (Å²) in [6.07, 6.45) is -4.17. The van der Waals surface area contributed by atoms with Crippen molar-refractivity contribution >= 4 is 69.6 Å². The Hall–Kier alpha value is -7.76. The number of amides is 4. The highest BCUT2D eigenvalue weighted by molar-refractivity contribution is 6.34. The van der Waals surface area contributed by atoms with Gasteiger partial charge in [-0.25, -0.2) is 39.5 Å². The van der Waals surface area contributed by atoms with E-state index in [-0.39, 0.29) is 87.4 Å². The van der Waals surface area contributed by atoms with Crippen LogP contribution in [0.3, 0.4) is 0 Å². The van der Waals surface area contributed by atoms with Crippen LogP contribution in [-0.2, 0) is 21.8 Å². The van der Waals surface area contributed by atoms with Gasteiger partial charge in [-0.3, -0.25) is 9.80 Å². The molecule has 6 aromatic rings. The topological polar surface area (TPSA) is 244 Å². The number of carbonyl (C=O) groups excluding carboxylic acids is 2. The number of rotatable bonds is 13. The number of aliphatic hydroxyl groups excluding tert-OH is 2. The van der Waals surface area contributed by atoms with E-state index in [1.54, 1.807) is 30.3 Å². The first-order valence-corrected chi connectivity index (χ1v) is 26.4. The molecule has 6 aromatic heterocycles. The molecule has 440 valence electrons. The van der Waals surface area contributed by atoms with E-state index in [0.717, 1.165) is 26.4 Å². The number of fused-ring (bicyclic) bond motifs is 8. The van der Waals surface area contributed by atoms with Crippen LogP contribution in [0, 0.1) is 0 Å². The van der Waals surface area contributed by atoms with E-state index in [0.29, 0.717) is 68.4 Å². The number of urea groups is 2. The summed E-state index contributed by atoms with van der Waals surface area (Å²) in [5, 5.41) is 24.3. The van der Waals surface area contributed by atoms with Gasteiger partial charge in [0.15, 0.2) is 17.4 Å². The molecule has 0 aliphatic carbocycles. The molecule has 5 aliphatic rings. The van der Waals surface area contributed by atoms with Gasteiger partial charge in [0.25, 0.3) is 0 Å². The molecular formula is C53H52Cl2F6N12O10. The Morgan fingerprint density at radius 1 is 0.735 bits per heavy atom. The molecule has 22 nitrogen and oxygen atoms in total. The summed E-state index contributed by atoms with van der Waals surface area (Å²) in [7, 11) is 2.21. The Morgan fingerprint density at radius 2 is 1.20 bits per heavy atom. The Balaban J connectivity index is 0.000000186. The molecule has 0 aromatic carbocycles. The predicted octanol–water partition coefficient (Wildman–Crippen LogP) is 8.96. The maximum Gasteiger partial charge on any atom is 0.421 e. The number of nitrogens with one attached hydrogen (secondary N) is 2. The number of aromatic nitrogens is 6. The second kappa shape index (κ2) is 23.5. The molecule has 4 bridgehead atoms. The molecule has 0 unspecified atom stereocenters. The fourth-order valence-electron chi connectivity index (χ4n) is 10.0. The SMILES string of the molecule is COc1ncc(-c2nc3c(cc2Cl)N2CC[C@@H](C2)N3C(=O)Nc2ccnc(OC[C@@H](O)CO)c2)cc1C(F)(F)F.COc1ncc(-c2nc3c(cc2Cl)N2CC[C@@H](C2)N3C(=O)Nc2ccnc(OC[C@@H]3COC(C)(C)O3)c2)cc1C(F)(F)F. The normalized spacial score (nSPS) is 18.8. The van der Waals surface area contributed by atoms with Crippen molar-refractivity contribution in [3.8, 4) is 46.0 Å². The Kier molecular flexibility index (Phi) is 16.5. The summed E-state index contributed by atoms with van der Waals surface area (Å²) in [6, 6.07) is 9.71. The molecule has 4 atom stereocenters. The van der Waals surface area contributed by atoms with Gasteiger partial charge in [0.1, 0.15) is 36.5 Å². The molecule has 11 heterocycles. The number of methoxy groups -OCH3 is 2. The highest BCUT2D eigenvalue weighted by Gasteiger charge is 2.44. The highest BCUT2D eigenvalue weighted by Crippen LogP contribution is 2.47. The van der Waals surface area contributed by atoms with Gasteiger partial charge in [-0.15, -0.1) is 0 Å². The maximum atomic E-state index is 13.7. The van der Waals surface area contributed by atoms with Gasteiger partial charge in [-0.2, -0.15) is 26.3 Å². The molecule has 30 heteroatoms. The summed E-state index contributed by atoms with van der Waals surface area (Å²) in [6.45, 7) is 5.98. The second-order valence-corrected chi connectivity index (χ2v) is 20.7. The van der Waals surface area contributed by atoms with Crippen LogP contribution in [0.25, 0.3) is 22.5 Å². The quantitative estimate of drug-likeness (QED) is 0.0788. The minimum atomic E-state index is -4.73. The van der Waals surface area contributed by atoms with Gasteiger partial charge < -0.3 is 59.1 Å². The molecule has 11 rings (SSSR count). The first-order chi connectivity index (χ1) is 39.5. The monoisotopic (exact) mass is 1200 g/mol. The number of anilines is 6. The lowest BCUT2D eigenvalue weighted by molar-refractivity contribution is -0.141. The zero-order valence-electron chi connectivity index (χ0n) is 44.5. The summed E-state index contributed by atoms with van der Waals surface area (Å²) in [4.78, 5) is 59.4. The van der Waals surface area contributed by atoms with Crippen LogP contribution in [0.5, 0.6) is 23.5 Å². The van der Waals surface area contributed by atoms with Gasteiger partial charge >= 0.3 is 24.4 Å². The standard InChI is InChI=1S/C28H28ClF3N6O5.C25H24ClF3N6O5/c1-27(2)42-14-18(43-27)13-41-22-9-16(4-6-33-22)35-26(39)38-17-5-7-37(12-17)21-10-20(29)23(36-24(21)38)15-8-19(28(30,31)32)25(40-3)34-11-15;1-39-23-17(25(27,28)29)6-13(9-31-23)21-18(26)8-19-22(33-21)35(15-3-5-34(19)10-15)24(38)32-14-2-4-30-20(7-14)40-12-16(37)11-36/h4,6,8-11,17-18H,5,7,12-14H2,1-3H3,(H,33,35,39);2,4,6-9,15-16,36-37H,3,5,10-12H2,1H3,(H,30,32,38)/t17-,18+;15-,16-/m00/s1. The summed E-state index contributed by atoms with van der Waals surface area (Å²) in [5.74, 6) is -0.896. The molecule has 0 saturated carbocycles. The summed E-state index contributed by atoms with van der Waals surface area (Å²) < 4.78 is 114. The van der Waals surface area contributed by atoms with E-state index in [1.165, 1.54) is 40.7 Å². The molecular weight excluding hydrogens is 1150 g/mol. The van der Waals surface area contributed by atoms with E-state index < -0.39 is 65.8 Å². The molecule has 3 saturated heterocycles. The zero-order chi connectivity index (χ0) is 59.1. The van der Waals surface area contributed by atoms with Crippen molar-refractivity contribution in [2.24, 2.45) is 0 Å². The van der Waals surface area contributed by atoms with Crippen molar-refractivity contribution in [1.82, 2.24) is 29.9 Å². The van der Waals surface area contributed by atoms with Crippen LogP contribution < -0.4 is 49.2 Å². The largest absolute Gasteiger partial charge is 0.481 e. The predicted molar refractivity (Wildman–Crippen MR) is 290 cm³/mol. The Morgan fingerprint density at radius 3 is 1.63 bits per heavy atom. The lowest BCUT2D eigenvalue weighted by Gasteiger charge is -2.36. The third kappa shape index (κ3) is 12.6. The zero-order valence-corrected chi connectivity index (χ0v) is 46.0. The van der Waals surface area contributed by atoms with Crippen LogP contribution in [0.4, 0.5) is 70.3 Å². The average molecular weight is 1200 g/mol. The molecule has 83 heavy (non-hydrogen) atoms. The van der Waals surface area contributed by atoms with Crippen molar-refractivity contribution in [2.75, 3.05) is 97.1 Å². The first-order valence-electron chi connectivity index (χ1n) is 25.6. The van der Waals surface area contributed by atoms with E-state index in [4.69, 9.17) is 56.7 Å². The van der Waals surface area contributed by atoms with Crippen molar-refractivity contribution in [2.45, 2.75) is 69.1 Å². The number of halogens is 8. The Bertz CT molecular complexity index is 3430. The average Bonchev–Trinajstić information content (AvgIpc) is 4.00. The van der Waals surface area contributed by atoms with E-state index in [1.807, 2.05) is 23.6 Å². The van der Waals surface area contributed by atoms with Crippen LogP contribution in [0.1, 0.15) is 37.8 Å². The molecule has 5 aliphatic heterocycles. The van der Waals surface area contributed by atoms with Crippen LogP contribution in [0.15, 0.2) is 73.3 Å². The van der Waals surface area contributed by atoms with Crippen LogP contribution in [0.2, 0.25) is 10.0 Å². The van der Waals surface area contributed by atoms with Crippen molar-refractivity contribution in [3.05, 3.63) is 94.5 Å². The summed E-state index contributed by atoms with van der Waals surface area (Å²) >= 11 is 13.1. The third-order valence-corrected chi connectivity index (χ3v) is 14.4. The van der Waals surface area contributed by atoms with Gasteiger partial charge in [-0.05, 0) is 63.1 Å². The molecule has 3 fully saturated rings. The van der Waals surface area contributed by atoms with Crippen LogP contribution >= 0.6 is 23.2 Å². The van der Waals surface area contributed by atoms with Crippen LogP contribution in [-0.4, -0.2) is 149 Å². The number of hydrogen-bond donors (Lipinski definition) is 4. The minimum Gasteiger partial charge on any atom is -0.481 e. The fourth-order valence-corrected chi connectivity index (χ4v) is 10.5. The third-order valence-electron chi connectivity index (χ3n) is 13.8. The lowest BCUT2D eigenvalue weighted by Crippen LogP contribution is -2.48. The number of alkyl halides is 6. The van der Waals surface area contributed by atoms with Crippen molar-refractivity contribution in [3.63, 3.8) is 0 Å². The molecule has 0 spiro atoms. The van der Waals surface area contributed by atoms with Gasteiger partial charge in [0, 0.05) is 85.6 Å². The molecule has 0 radical (unpaired) electrons. The number of carbonyl (C=O) groups is 2. The van der Waals surface area contributed by atoms with Crippen molar-refractivity contribution < 1.29 is 74.6 Å². The van der Waals surface area contributed by atoms with E-state index >= 15 is 0 Å². The lowest BCUT2D eigenvalue weighted by atomic mass is 10.1. The number of hydrogen-bond acceptors (Lipinski definition) is 18. The minimum absolute atomic E-state index is 0.00944.